The molecule has 0 bridgehead atoms. The van der Waals surface area contributed by atoms with Gasteiger partial charge in [0.25, 0.3) is 0 Å². The van der Waals surface area contributed by atoms with Crippen LogP contribution in [0, 0.1) is 0 Å². The van der Waals surface area contributed by atoms with Crippen molar-refractivity contribution in [3.8, 4) is 0 Å². The van der Waals surface area contributed by atoms with Gasteiger partial charge in [-0.15, -0.1) is 0 Å². The Balaban J connectivity index is 2.00. The van der Waals surface area contributed by atoms with E-state index in [1.807, 2.05) is 16.8 Å². The van der Waals surface area contributed by atoms with Crippen molar-refractivity contribution in [1.82, 2.24) is 0 Å². The van der Waals surface area contributed by atoms with Crippen molar-refractivity contribution in [3.63, 3.8) is 0 Å². The minimum Gasteiger partial charge on any atom is -0.319 e. The van der Waals surface area contributed by atoms with Gasteiger partial charge in [-0.3, -0.25) is 4.79 Å². The van der Waals surface area contributed by atoms with Gasteiger partial charge in [0.15, 0.2) is 5.78 Å². The maximum atomic E-state index is 12.1. The van der Waals surface area contributed by atoms with Crippen LogP contribution in [0.15, 0.2) is 16.8 Å². The lowest BCUT2D eigenvalue weighted by molar-refractivity contribution is -0.124. The Bertz CT molecular complexity index is 325. The molecular weight excluding hydrogens is 206 g/mol. The van der Waals surface area contributed by atoms with Crippen LogP contribution in [0.25, 0.3) is 0 Å². The van der Waals surface area contributed by atoms with E-state index in [0.717, 1.165) is 31.2 Å². The molecule has 2 rings (SSSR count). The molecule has 0 radical (unpaired) electrons. The van der Waals surface area contributed by atoms with Crippen molar-refractivity contribution in [1.29, 1.82) is 0 Å². The highest BCUT2D eigenvalue weighted by Gasteiger charge is 2.34. The van der Waals surface area contributed by atoms with E-state index >= 15 is 0 Å². The van der Waals surface area contributed by atoms with E-state index in [0.29, 0.717) is 6.42 Å². The summed E-state index contributed by atoms with van der Waals surface area (Å²) >= 11 is 1.63. The van der Waals surface area contributed by atoms with Gasteiger partial charge in [-0.1, -0.05) is 19.3 Å². The van der Waals surface area contributed by atoms with E-state index < -0.39 is 5.54 Å². The number of Topliss-reactive ketones (excluding diaryl/α,β-unsaturated/α-hetero) is 1. The van der Waals surface area contributed by atoms with Crippen LogP contribution in [0.4, 0.5) is 0 Å². The number of carbonyl (C=O) groups is 1. The number of thiophene rings is 1. The van der Waals surface area contributed by atoms with Crippen LogP contribution >= 0.6 is 11.3 Å². The first-order valence-corrected chi connectivity index (χ1v) is 6.48. The minimum absolute atomic E-state index is 0.223. The van der Waals surface area contributed by atoms with Crippen LogP contribution in [-0.4, -0.2) is 11.3 Å². The molecule has 0 unspecified atom stereocenters. The fourth-order valence-corrected chi connectivity index (χ4v) is 2.88. The van der Waals surface area contributed by atoms with Gasteiger partial charge in [0, 0.05) is 6.42 Å². The first kappa shape index (κ1) is 10.8. The third kappa shape index (κ3) is 2.47. The van der Waals surface area contributed by atoms with E-state index in [-0.39, 0.29) is 5.78 Å². The molecule has 1 aromatic rings. The second-order valence-corrected chi connectivity index (χ2v) is 5.23. The number of hydrogen-bond donors (Lipinski definition) is 1. The summed E-state index contributed by atoms with van der Waals surface area (Å²) in [5, 5.41) is 4.04. The SMILES string of the molecule is NC1(C(=O)Cc2ccsc2)CCCCC1. The van der Waals surface area contributed by atoms with Crippen LogP contribution in [-0.2, 0) is 11.2 Å². The number of nitrogens with two attached hydrogens (primary N) is 1. The van der Waals surface area contributed by atoms with Crippen molar-refractivity contribution >= 4 is 17.1 Å². The monoisotopic (exact) mass is 223 g/mol. The van der Waals surface area contributed by atoms with Gasteiger partial charge in [-0.25, -0.2) is 0 Å². The minimum atomic E-state index is -0.528. The summed E-state index contributed by atoms with van der Waals surface area (Å²) in [6.07, 6.45) is 5.69. The van der Waals surface area contributed by atoms with Gasteiger partial charge in [0.2, 0.25) is 0 Å². The molecule has 1 aliphatic carbocycles. The largest absolute Gasteiger partial charge is 0.319 e. The summed E-state index contributed by atoms with van der Waals surface area (Å²) < 4.78 is 0. The van der Waals surface area contributed by atoms with Crippen LogP contribution in [0.5, 0.6) is 0 Å². The zero-order valence-electron chi connectivity index (χ0n) is 8.87. The van der Waals surface area contributed by atoms with Crippen LogP contribution in [0.1, 0.15) is 37.7 Å². The second-order valence-electron chi connectivity index (χ2n) is 4.45. The maximum absolute atomic E-state index is 12.1. The Morgan fingerprint density at radius 1 is 1.40 bits per heavy atom. The molecule has 1 fully saturated rings. The quantitative estimate of drug-likeness (QED) is 0.855. The molecule has 2 N–H and O–H groups in total. The Hall–Kier alpha value is -0.670. The average molecular weight is 223 g/mol. The lowest BCUT2D eigenvalue weighted by Gasteiger charge is -2.31. The summed E-state index contributed by atoms with van der Waals surface area (Å²) in [4.78, 5) is 12.1. The zero-order valence-corrected chi connectivity index (χ0v) is 9.69. The molecule has 0 spiro atoms. The second kappa shape index (κ2) is 4.45. The third-order valence-corrected chi connectivity index (χ3v) is 3.98. The van der Waals surface area contributed by atoms with E-state index in [1.54, 1.807) is 11.3 Å². The van der Waals surface area contributed by atoms with Crippen molar-refractivity contribution in [2.24, 2.45) is 5.73 Å². The van der Waals surface area contributed by atoms with Crippen molar-refractivity contribution in [2.45, 2.75) is 44.1 Å². The topological polar surface area (TPSA) is 43.1 Å². The first-order valence-electron chi connectivity index (χ1n) is 5.54. The molecule has 3 heteroatoms. The van der Waals surface area contributed by atoms with Crippen LogP contribution < -0.4 is 5.73 Å². The molecule has 82 valence electrons. The van der Waals surface area contributed by atoms with E-state index in [1.165, 1.54) is 6.42 Å². The molecule has 0 aliphatic heterocycles. The fourth-order valence-electron chi connectivity index (χ4n) is 2.22. The van der Waals surface area contributed by atoms with Gasteiger partial charge < -0.3 is 5.73 Å². The Kier molecular flexibility index (Phi) is 3.22. The van der Waals surface area contributed by atoms with Gasteiger partial charge in [0.05, 0.1) is 5.54 Å². The van der Waals surface area contributed by atoms with Gasteiger partial charge in [-0.2, -0.15) is 11.3 Å². The number of carbonyl (C=O) groups excluding carboxylic acids is 1. The number of ketones is 1. The first-order chi connectivity index (χ1) is 7.21. The Morgan fingerprint density at radius 3 is 2.73 bits per heavy atom. The molecule has 2 nitrogen and oxygen atoms in total. The molecule has 1 heterocycles. The molecule has 0 aromatic carbocycles. The van der Waals surface area contributed by atoms with Crippen molar-refractivity contribution < 1.29 is 4.79 Å². The van der Waals surface area contributed by atoms with E-state index in [9.17, 15) is 4.79 Å². The van der Waals surface area contributed by atoms with Crippen LogP contribution in [0.2, 0.25) is 0 Å². The molecule has 15 heavy (non-hydrogen) atoms. The fraction of sp³-hybridized carbons (Fsp3) is 0.583. The number of rotatable bonds is 3. The summed E-state index contributed by atoms with van der Waals surface area (Å²) in [6.45, 7) is 0. The normalized spacial score (nSPS) is 20.1. The smallest absolute Gasteiger partial charge is 0.157 e. The third-order valence-electron chi connectivity index (χ3n) is 3.25. The maximum Gasteiger partial charge on any atom is 0.157 e. The molecule has 0 atom stereocenters. The lowest BCUT2D eigenvalue weighted by atomic mass is 9.78. The van der Waals surface area contributed by atoms with Crippen molar-refractivity contribution in [3.05, 3.63) is 22.4 Å². The highest BCUT2D eigenvalue weighted by Crippen LogP contribution is 2.27. The predicted molar refractivity (Wildman–Crippen MR) is 63.0 cm³/mol. The predicted octanol–water partition coefficient (Wildman–Crippen LogP) is 2.52. The van der Waals surface area contributed by atoms with Gasteiger partial charge in [-0.05, 0) is 35.2 Å². The van der Waals surface area contributed by atoms with E-state index in [2.05, 4.69) is 0 Å². The molecular formula is C12H17NOS. The average Bonchev–Trinajstić information content (AvgIpc) is 2.71. The molecule has 1 aromatic heterocycles. The summed E-state index contributed by atoms with van der Waals surface area (Å²) in [5.41, 5.74) is 6.76. The van der Waals surface area contributed by atoms with Gasteiger partial charge >= 0.3 is 0 Å². The Labute approximate surface area is 94.5 Å². The lowest BCUT2D eigenvalue weighted by Crippen LogP contribution is -2.50. The summed E-state index contributed by atoms with van der Waals surface area (Å²) in [7, 11) is 0. The summed E-state index contributed by atoms with van der Waals surface area (Å²) in [6, 6.07) is 2.01. The van der Waals surface area contributed by atoms with E-state index in [4.69, 9.17) is 5.73 Å². The molecule has 1 aliphatic rings. The highest BCUT2D eigenvalue weighted by atomic mass is 32.1. The van der Waals surface area contributed by atoms with Crippen molar-refractivity contribution in [2.75, 3.05) is 0 Å². The Morgan fingerprint density at radius 2 is 2.13 bits per heavy atom. The standard InChI is InChI=1S/C12H17NOS/c13-12(5-2-1-3-6-12)11(14)8-10-4-7-15-9-10/h4,7,9H,1-3,5-6,8,13H2. The highest BCUT2D eigenvalue weighted by molar-refractivity contribution is 7.08. The molecule has 1 saturated carbocycles. The zero-order chi connectivity index (χ0) is 10.7. The van der Waals surface area contributed by atoms with Gasteiger partial charge in [0.1, 0.15) is 0 Å². The molecule has 0 amide bonds. The summed E-state index contributed by atoms with van der Waals surface area (Å²) in [5.74, 6) is 0.223. The number of hydrogen-bond acceptors (Lipinski definition) is 3. The van der Waals surface area contributed by atoms with Crippen LogP contribution in [0.3, 0.4) is 0 Å². The molecule has 0 saturated heterocycles.